The van der Waals surface area contributed by atoms with Gasteiger partial charge in [-0.2, -0.15) is 0 Å². The van der Waals surface area contributed by atoms with E-state index in [1.165, 1.54) is 25.0 Å². The van der Waals surface area contributed by atoms with E-state index in [0.717, 1.165) is 24.7 Å². The van der Waals surface area contributed by atoms with Crippen molar-refractivity contribution in [2.75, 3.05) is 13.1 Å². The van der Waals surface area contributed by atoms with Gasteiger partial charge in [-0.15, -0.1) is 0 Å². The van der Waals surface area contributed by atoms with Gasteiger partial charge in [-0.3, -0.25) is 4.79 Å². The predicted octanol–water partition coefficient (Wildman–Crippen LogP) is 1.30. The number of likely N-dealkylation sites (tertiary alicyclic amines) is 1. The number of thiocarbonyl (C=S) groups is 1. The van der Waals surface area contributed by atoms with E-state index < -0.39 is 0 Å². The number of nitrogens with zero attached hydrogens (tertiary/aromatic N) is 2. The summed E-state index contributed by atoms with van der Waals surface area (Å²) in [4.78, 5) is 14.3. The van der Waals surface area contributed by atoms with Gasteiger partial charge < -0.3 is 14.8 Å². The summed E-state index contributed by atoms with van der Waals surface area (Å²) >= 11 is 5.54. The first-order valence-corrected chi connectivity index (χ1v) is 7.87. The summed E-state index contributed by atoms with van der Waals surface area (Å²) in [5, 5.41) is 4.35. The molecule has 1 aromatic rings. The van der Waals surface area contributed by atoms with Gasteiger partial charge in [-0.05, 0) is 43.5 Å². The van der Waals surface area contributed by atoms with Crippen molar-refractivity contribution in [3.05, 3.63) is 34.2 Å². The average molecular weight is 289 g/mol. The zero-order chi connectivity index (χ0) is 13.7. The van der Waals surface area contributed by atoms with Crippen molar-refractivity contribution in [1.82, 2.24) is 14.8 Å². The minimum Gasteiger partial charge on any atom is -0.360 e. The van der Waals surface area contributed by atoms with E-state index in [2.05, 4.69) is 16.3 Å². The van der Waals surface area contributed by atoms with Crippen molar-refractivity contribution in [3.63, 3.8) is 0 Å². The fraction of sp³-hybridized carbons (Fsp3) is 0.600. The highest BCUT2D eigenvalue weighted by atomic mass is 32.1. The highest BCUT2D eigenvalue weighted by molar-refractivity contribution is 7.80. The largest absolute Gasteiger partial charge is 0.360 e. The van der Waals surface area contributed by atoms with E-state index in [0.29, 0.717) is 17.9 Å². The Labute approximate surface area is 123 Å². The van der Waals surface area contributed by atoms with Gasteiger partial charge in [0.05, 0.1) is 0 Å². The number of nitrogens with one attached hydrogen (secondary N) is 1. The van der Waals surface area contributed by atoms with E-state index in [1.54, 1.807) is 6.07 Å². The monoisotopic (exact) mass is 289 g/mol. The third-order valence-corrected chi connectivity index (χ3v) is 5.05. The summed E-state index contributed by atoms with van der Waals surface area (Å²) in [6.07, 6.45) is 3.68. The first kappa shape index (κ1) is 12.4. The molecule has 1 aromatic heterocycles. The lowest BCUT2D eigenvalue weighted by atomic mass is 9.83. The first-order chi connectivity index (χ1) is 9.70. The highest BCUT2D eigenvalue weighted by Gasteiger charge is 2.36. The Morgan fingerprint density at radius 2 is 2.10 bits per heavy atom. The minimum absolute atomic E-state index is 0.143. The summed E-state index contributed by atoms with van der Waals surface area (Å²) in [6.45, 7) is 2.77. The molecule has 1 N–H and O–H groups in total. The van der Waals surface area contributed by atoms with Crippen molar-refractivity contribution in [1.29, 1.82) is 0 Å². The molecule has 2 fully saturated rings. The highest BCUT2D eigenvalue weighted by Crippen LogP contribution is 2.35. The number of piperidine rings is 1. The third kappa shape index (κ3) is 2.14. The van der Waals surface area contributed by atoms with Crippen LogP contribution in [0, 0.1) is 5.92 Å². The molecular weight excluding hydrogens is 270 g/mol. The minimum atomic E-state index is 0.143. The molecule has 5 heteroatoms. The van der Waals surface area contributed by atoms with Crippen LogP contribution in [0.4, 0.5) is 0 Å². The lowest BCUT2D eigenvalue weighted by Crippen LogP contribution is -2.52. The maximum atomic E-state index is 12.0. The van der Waals surface area contributed by atoms with Crippen LogP contribution in [0.3, 0.4) is 0 Å². The van der Waals surface area contributed by atoms with Gasteiger partial charge in [0.2, 0.25) is 0 Å². The number of fused-ring (bicyclic) bond motifs is 4. The molecule has 3 heterocycles. The fourth-order valence-electron chi connectivity index (χ4n) is 3.56. The summed E-state index contributed by atoms with van der Waals surface area (Å²) in [6, 6.07) is 6.26. The molecule has 0 unspecified atom stereocenters. The topological polar surface area (TPSA) is 37.3 Å². The van der Waals surface area contributed by atoms with Crippen LogP contribution in [-0.4, -0.2) is 33.7 Å². The molecule has 2 aliphatic heterocycles. The molecule has 2 bridgehead atoms. The Hall–Kier alpha value is -1.36. The number of pyridine rings is 1. The summed E-state index contributed by atoms with van der Waals surface area (Å²) < 4.78 is 1.97. The molecule has 106 valence electrons. The second kappa shape index (κ2) is 4.58. The van der Waals surface area contributed by atoms with Gasteiger partial charge >= 0.3 is 0 Å². The second-order valence-corrected chi connectivity index (χ2v) is 6.71. The van der Waals surface area contributed by atoms with Crippen LogP contribution in [0.2, 0.25) is 0 Å². The Balaban J connectivity index is 1.58. The maximum absolute atomic E-state index is 12.0. The van der Waals surface area contributed by atoms with E-state index >= 15 is 0 Å². The van der Waals surface area contributed by atoms with Crippen molar-refractivity contribution >= 4 is 17.3 Å². The van der Waals surface area contributed by atoms with Crippen LogP contribution >= 0.6 is 12.2 Å². The summed E-state index contributed by atoms with van der Waals surface area (Å²) in [5.74, 6) is 0.982. The summed E-state index contributed by atoms with van der Waals surface area (Å²) in [5.41, 5.74) is 1.33. The molecule has 0 aromatic carbocycles. The molecule has 1 saturated heterocycles. The third-order valence-electron chi connectivity index (χ3n) is 4.67. The number of rotatable bonds is 1. The normalized spacial score (nSPS) is 27.9. The first-order valence-electron chi connectivity index (χ1n) is 7.46. The summed E-state index contributed by atoms with van der Waals surface area (Å²) in [7, 11) is 0. The molecule has 0 radical (unpaired) electrons. The average Bonchev–Trinajstić information content (AvgIpc) is 3.24. The van der Waals surface area contributed by atoms with Gasteiger partial charge in [0.25, 0.3) is 5.56 Å². The molecule has 2 atom stereocenters. The van der Waals surface area contributed by atoms with Gasteiger partial charge in [0.1, 0.15) is 0 Å². The van der Waals surface area contributed by atoms with Crippen LogP contribution < -0.4 is 10.9 Å². The standard InChI is InChI=1S/C15H19N3OS/c19-14-3-1-2-13-11-6-10(8-18(13)14)7-17(9-11)15(20)16-12-4-5-12/h1-3,10-12H,4-9H2,(H,16,20)/t10-,11+/m0/s1. The molecule has 0 amide bonds. The van der Waals surface area contributed by atoms with Crippen LogP contribution in [-0.2, 0) is 6.54 Å². The molecule has 1 aliphatic carbocycles. The van der Waals surface area contributed by atoms with Crippen molar-refractivity contribution in [3.8, 4) is 0 Å². The Morgan fingerprint density at radius 3 is 2.90 bits per heavy atom. The lowest BCUT2D eigenvalue weighted by molar-refractivity contribution is 0.177. The molecule has 4 rings (SSSR count). The maximum Gasteiger partial charge on any atom is 0.250 e. The van der Waals surface area contributed by atoms with Gasteiger partial charge in [-0.25, -0.2) is 0 Å². The Morgan fingerprint density at radius 1 is 1.25 bits per heavy atom. The van der Waals surface area contributed by atoms with E-state index in [9.17, 15) is 4.79 Å². The van der Waals surface area contributed by atoms with Gasteiger partial charge in [-0.1, -0.05) is 6.07 Å². The predicted molar refractivity (Wildman–Crippen MR) is 81.9 cm³/mol. The Kier molecular flexibility index (Phi) is 2.84. The molecule has 3 aliphatic rings. The molecule has 1 saturated carbocycles. The molecule has 4 nitrogen and oxygen atoms in total. The van der Waals surface area contributed by atoms with Crippen LogP contribution in [0.25, 0.3) is 0 Å². The van der Waals surface area contributed by atoms with Crippen molar-refractivity contribution < 1.29 is 0 Å². The zero-order valence-electron chi connectivity index (χ0n) is 11.4. The smallest absolute Gasteiger partial charge is 0.250 e. The quantitative estimate of drug-likeness (QED) is 0.791. The van der Waals surface area contributed by atoms with E-state index in [-0.39, 0.29) is 5.56 Å². The molecule has 20 heavy (non-hydrogen) atoms. The number of hydrogen-bond acceptors (Lipinski definition) is 2. The molecular formula is C15H19N3OS. The second-order valence-electron chi connectivity index (χ2n) is 6.33. The van der Waals surface area contributed by atoms with Gasteiger partial charge in [0, 0.05) is 43.4 Å². The van der Waals surface area contributed by atoms with Crippen molar-refractivity contribution in [2.24, 2.45) is 5.92 Å². The van der Waals surface area contributed by atoms with Crippen molar-refractivity contribution in [2.45, 2.75) is 37.8 Å². The van der Waals surface area contributed by atoms with E-state index in [4.69, 9.17) is 12.2 Å². The SMILES string of the molecule is O=c1cccc2n1C[C@H]1C[C@@H]2CN(C(=S)NC2CC2)C1. The molecule has 0 spiro atoms. The Bertz CT molecular complexity index is 607. The fourth-order valence-corrected chi connectivity index (χ4v) is 3.87. The zero-order valence-corrected chi connectivity index (χ0v) is 12.2. The van der Waals surface area contributed by atoms with Gasteiger partial charge in [0.15, 0.2) is 5.11 Å². The number of aromatic nitrogens is 1. The number of hydrogen-bond donors (Lipinski definition) is 1. The van der Waals surface area contributed by atoms with Crippen LogP contribution in [0.15, 0.2) is 23.0 Å². The van der Waals surface area contributed by atoms with Crippen LogP contribution in [0.1, 0.15) is 30.9 Å². The van der Waals surface area contributed by atoms with Crippen LogP contribution in [0.5, 0.6) is 0 Å². The lowest BCUT2D eigenvalue weighted by Gasteiger charge is -2.43. The van der Waals surface area contributed by atoms with E-state index in [1.807, 2.05) is 10.6 Å².